The summed E-state index contributed by atoms with van der Waals surface area (Å²) in [5, 5.41) is 0.807. The number of rotatable bonds is 3. The van der Waals surface area contributed by atoms with Gasteiger partial charge >= 0.3 is 0 Å². The number of pyridine rings is 1. The molecule has 0 unspecified atom stereocenters. The average molecular weight is 288 g/mol. The van der Waals surface area contributed by atoms with Gasteiger partial charge in [-0.25, -0.2) is 9.97 Å². The van der Waals surface area contributed by atoms with Gasteiger partial charge in [0.25, 0.3) is 0 Å². The Balaban J connectivity index is 2.09. The molecule has 0 fully saturated rings. The zero-order chi connectivity index (χ0) is 14.1. The Morgan fingerprint density at radius 3 is 2.85 bits per heavy atom. The molecule has 0 aliphatic rings. The Kier molecular flexibility index (Phi) is 3.08. The number of carbonyl (C=O) groups is 1. The third-order valence-electron chi connectivity index (χ3n) is 2.84. The molecule has 100 valence electrons. The Hall–Kier alpha value is -2.47. The molecule has 0 amide bonds. The highest BCUT2D eigenvalue weighted by Gasteiger charge is 2.17. The summed E-state index contributed by atoms with van der Waals surface area (Å²) < 4.78 is 0. The number of nitrogens with two attached hydrogens (primary N) is 1. The number of alkyl halides is 1. The summed E-state index contributed by atoms with van der Waals surface area (Å²) in [7, 11) is 0. The summed E-state index contributed by atoms with van der Waals surface area (Å²) in [6, 6.07) is 4.97. The summed E-state index contributed by atoms with van der Waals surface area (Å²) >= 11 is 5.86. The third-order valence-corrected chi connectivity index (χ3v) is 3.10. The first kappa shape index (κ1) is 12.6. The Morgan fingerprint density at radius 2 is 2.15 bits per heavy atom. The largest absolute Gasteiger partial charge is 0.397 e. The van der Waals surface area contributed by atoms with Crippen molar-refractivity contribution in [2.75, 3.05) is 5.73 Å². The van der Waals surface area contributed by atoms with Gasteiger partial charge in [-0.15, -0.1) is 11.6 Å². The lowest BCUT2D eigenvalue weighted by Crippen LogP contribution is -2.10. The molecule has 20 heavy (non-hydrogen) atoms. The summed E-state index contributed by atoms with van der Waals surface area (Å²) in [6.45, 7) is 0. The summed E-state index contributed by atoms with van der Waals surface area (Å²) in [5.41, 5.74) is 7.46. The van der Waals surface area contributed by atoms with Crippen LogP contribution in [-0.2, 0) is 5.88 Å². The number of aromatic nitrogens is 4. The zero-order valence-electron chi connectivity index (χ0n) is 10.3. The van der Waals surface area contributed by atoms with Crippen molar-refractivity contribution >= 4 is 34.1 Å². The summed E-state index contributed by atoms with van der Waals surface area (Å²) in [4.78, 5) is 27.6. The van der Waals surface area contributed by atoms with Crippen LogP contribution in [0.2, 0.25) is 0 Å². The smallest absolute Gasteiger partial charge is 0.248 e. The van der Waals surface area contributed by atoms with Crippen molar-refractivity contribution in [1.82, 2.24) is 19.9 Å². The number of carbonyl (C=O) groups excluding carboxylic acids is 1. The second-order valence-electron chi connectivity index (χ2n) is 4.17. The van der Waals surface area contributed by atoms with Gasteiger partial charge in [-0.05, 0) is 18.2 Å². The molecule has 0 aromatic carbocycles. The molecule has 6 nitrogen and oxygen atoms in total. The predicted molar refractivity (Wildman–Crippen MR) is 75.5 cm³/mol. The average Bonchev–Trinajstić information content (AvgIpc) is 2.94. The van der Waals surface area contributed by atoms with Crippen molar-refractivity contribution in [2.45, 2.75) is 5.88 Å². The molecule has 0 bridgehead atoms. The molecule has 0 saturated heterocycles. The van der Waals surface area contributed by atoms with Crippen LogP contribution in [0.1, 0.15) is 22.0 Å². The van der Waals surface area contributed by atoms with Crippen LogP contribution in [-0.4, -0.2) is 25.7 Å². The van der Waals surface area contributed by atoms with Crippen molar-refractivity contribution in [3.8, 4) is 0 Å². The first-order chi connectivity index (χ1) is 9.69. The van der Waals surface area contributed by atoms with Gasteiger partial charge in [0, 0.05) is 11.6 Å². The van der Waals surface area contributed by atoms with Gasteiger partial charge in [0.05, 0.1) is 23.5 Å². The maximum Gasteiger partial charge on any atom is 0.248 e. The molecule has 3 aromatic rings. The van der Waals surface area contributed by atoms with Crippen molar-refractivity contribution in [1.29, 1.82) is 0 Å². The van der Waals surface area contributed by atoms with Gasteiger partial charge < -0.3 is 10.7 Å². The van der Waals surface area contributed by atoms with Crippen molar-refractivity contribution in [2.24, 2.45) is 0 Å². The molecular weight excluding hydrogens is 278 g/mol. The van der Waals surface area contributed by atoms with E-state index in [-0.39, 0.29) is 23.2 Å². The van der Waals surface area contributed by atoms with E-state index in [0.717, 1.165) is 5.39 Å². The molecule has 0 aliphatic carbocycles. The van der Waals surface area contributed by atoms with E-state index in [9.17, 15) is 4.79 Å². The lowest BCUT2D eigenvalue weighted by molar-refractivity contribution is 0.102. The van der Waals surface area contributed by atoms with Crippen LogP contribution >= 0.6 is 11.6 Å². The molecule has 0 saturated carbocycles. The maximum absolute atomic E-state index is 12.3. The molecule has 0 aliphatic heterocycles. The standard InChI is InChI=1S/C13H10ClN5O/c14-5-10-8-3-4-16-12(8)19-13(18-10)11(20)9-2-1-7(15)6-17-9/h1-4,6H,5,15H2,(H,16,18,19). The van der Waals surface area contributed by atoms with Crippen LogP contribution in [0.15, 0.2) is 30.6 Å². The molecule has 3 rings (SSSR count). The fourth-order valence-corrected chi connectivity index (χ4v) is 2.07. The minimum Gasteiger partial charge on any atom is -0.397 e. The number of aromatic amines is 1. The van der Waals surface area contributed by atoms with Crippen LogP contribution in [0.25, 0.3) is 11.0 Å². The predicted octanol–water partition coefficient (Wildman–Crippen LogP) is 1.90. The minimum absolute atomic E-state index is 0.0628. The zero-order valence-corrected chi connectivity index (χ0v) is 11.1. The molecule has 7 heteroatoms. The Bertz CT molecular complexity index is 781. The Labute approximate surface area is 119 Å². The number of nitrogens with one attached hydrogen (secondary N) is 1. The van der Waals surface area contributed by atoms with Crippen LogP contribution in [0.5, 0.6) is 0 Å². The van der Waals surface area contributed by atoms with Crippen molar-refractivity contribution in [3.05, 3.63) is 47.8 Å². The first-order valence-corrected chi connectivity index (χ1v) is 6.38. The number of nitrogens with zero attached hydrogens (tertiary/aromatic N) is 3. The summed E-state index contributed by atoms with van der Waals surface area (Å²) in [5.74, 6) is -0.104. The second kappa shape index (κ2) is 4.90. The lowest BCUT2D eigenvalue weighted by atomic mass is 10.2. The highest BCUT2D eigenvalue weighted by atomic mass is 35.5. The second-order valence-corrected chi connectivity index (χ2v) is 4.44. The molecule has 0 spiro atoms. The molecule has 0 radical (unpaired) electrons. The maximum atomic E-state index is 12.3. The number of halogens is 1. The van der Waals surface area contributed by atoms with E-state index in [2.05, 4.69) is 19.9 Å². The molecule has 3 aromatic heterocycles. The number of hydrogen-bond donors (Lipinski definition) is 2. The van der Waals surface area contributed by atoms with E-state index in [1.54, 1.807) is 18.3 Å². The SMILES string of the molecule is Nc1ccc(C(=O)c2nc(CCl)c3cc[nH]c3n2)nc1. The minimum atomic E-state index is -0.368. The lowest BCUT2D eigenvalue weighted by Gasteiger charge is -2.03. The summed E-state index contributed by atoms with van der Waals surface area (Å²) in [6.07, 6.45) is 3.15. The van der Waals surface area contributed by atoms with Crippen LogP contribution in [0.4, 0.5) is 5.69 Å². The van der Waals surface area contributed by atoms with Crippen LogP contribution in [0, 0.1) is 0 Å². The van der Waals surface area contributed by atoms with E-state index in [0.29, 0.717) is 17.0 Å². The first-order valence-electron chi connectivity index (χ1n) is 5.85. The highest BCUT2D eigenvalue weighted by molar-refractivity contribution is 6.17. The van der Waals surface area contributed by atoms with Gasteiger partial charge in [-0.1, -0.05) is 0 Å². The molecule has 3 N–H and O–H groups in total. The number of H-pyrrole nitrogens is 1. The fourth-order valence-electron chi connectivity index (χ4n) is 1.86. The molecular formula is C13H10ClN5O. The van der Waals surface area contributed by atoms with E-state index >= 15 is 0 Å². The number of fused-ring (bicyclic) bond motifs is 1. The van der Waals surface area contributed by atoms with Gasteiger partial charge in [-0.2, -0.15) is 0 Å². The van der Waals surface area contributed by atoms with Gasteiger partial charge in [0.1, 0.15) is 11.3 Å². The topological polar surface area (TPSA) is 97.6 Å². The van der Waals surface area contributed by atoms with Crippen molar-refractivity contribution in [3.63, 3.8) is 0 Å². The van der Waals surface area contributed by atoms with Crippen LogP contribution < -0.4 is 5.73 Å². The van der Waals surface area contributed by atoms with Gasteiger partial charge in [-0.3, -0.25) is 9.78 Å². The van der Waals surface area contributed by atoms with Crippen LogP contribution in [0.3, 0.4) is 0 Å². The number of hydrogen-bond acceptors (Lipinski definition) is 5. The van der Waals surface area contributed by atoms with Crippen molar-refractivity contribution < 1.29 is 4.79 Å². The number of ketones is 1. The normalized spacial score (nSPS) is 10.8. The van der Waals surface area contributed by atoms with E-state index < -0.39 is 0 Å². The van der Waals surface area contributed by atoms with Gasteiger partial charge in [0.2, 0.25) is 11.6 Å². The molecule has 0 atom stereocenters. The van der Waals surface area contributed by atoms with E-state index in [1.807, 2.05) is 6.07 Å². The quantitative estimate of drug-likeness (QED) is 0.566. The monoisotopic (exact) mass is 287 g/mol. The number of nitrogen functional groups attached to an aromatic ring is 1. The number of anilines is 1. The van der Waals surface area contributed by atoms with E-state index in [1.165, 1.54) is 6.20 Å². The third kappa shape index (κ3) is 2.10. The van der Waals surface area contributed by atoms with E-state index in [4.69, 9.17) is 17.3 Å². The highest BCUT2D eigenvalue weighted by Crippen LogP contribution is 2.17. The molecule has 3 heterocycles. The fraction of sp³-hybridized carbons (Fsp3) is 0.0769. The van der Waals surface area contributed by atoms with Gasteiger partial charge in [0.15, 0.2) is 0 Å². The Morgan fingerprint density at radius 1 is 1.30 bits per heavy atom.